The molecule has 2 rings (SSSR count). The maximum atomic E-state index is 10.8. The second-order valence-electron chi connectivity index (χ2n) is 5.78. The summed E-state index contributed by atoms with van der Waals surface area (Å²) in [6.07, 6.45) is -0.707. The summed E-state index contributed by atoms with van der Waals surface area (Å²) in [7, 11) is 3.95. The van der Waals surface area contributed by atoms with Crippen molar-refractivity contribution in [2.45, 2.75) is 18.6 Å². The zero-order chi connectivity index (χ0) is 15.3. The van der Waals surface area contributed by atoms with E-state index in [9.17, 15) is 5.11 Å². The Morgan fingerprint density at radius 3 is 2.00 bits per heavy atom. The number of likely N-dealkylation sites (N-methyl/N-ethyl adjacent to an activating group) is 1. The molecule has 0 aromatic heterocycles. The molecule has 22 heavy (non-hydrogen) atoms. The van der Waals surface area contributed by atoms with Crippen molar-refractivity contribution in [3.8, 4) is 5.75 Å². The summed E-state index contributed by atoms with van der Waals surface area (Å²) >= 11 is 0. The molecule has 0 saturated carbocycles. The second-order valence-corrected chi connectivity index (χ2v) is 5.78. The highest BCUT2D eigenvalue weighted by molar-refractivity contribution is 5.85. The molecule has 0 saturated heterocycles. The van der Waals surface area contributed by atoms with Gasteiger partial charge in [-0.25, -0.2) is 0 Å². The molecule has 0 aliphatic carbocycles. The minimum Gasteiger partial charge on any atom is -0.483 e. The molecule has 2 aromatic rings. The second kappa shape index (κ2) is 8.18. The van der Waals surface area contributed by atoms with Gasteiger partial charge in [-0.3, -0.25) is 0 Å². The zero-order valence-corrected chi connectivity index (χ0v) is 14.1. The number of aliphatic hydroxyl groups is 1. The molecule has 0 heterocycles. The van der Waals surface area contributed by atoms with E-state index in [0.717, 1.165) is 11.3 Å². The molecular formula is C18H24ClNO2. The largest absolute Gasteiger partial charge is 0.483 e. The Kier molecular flexibility index (Phi) is 6.88. The van der Waals surface area contributed by atoms with Crippen LogP contribution < -0.4 is 4.74 Å². The van der Waals surface area contributed by atoms with Crippen LogP contribution in [0.3, 0.4) is 0 Å². The molecular weight excluding hydrogens is 298 g/mol. The summed E-state index contributed by atoms with van der Waals surface area (Å²) in [4.78, 5) is 2.02. The smallest absolute Gasteiger partial charge is 0.149 e. The predicted molar refractivity (Wildman–Crippen MR) is 92.7 cm³/mol. The van der Waals surface area contributed by atoms with Crippen molar-refractivity contribution in [1.29, 1.82) is 0 Å². The maximum Gasteiger partial charge on any atom is 0.149 e. The van der Waals surface area contributed by atoms with Crippen LogP contribution in [-0.2, 0) is 0 Å². The zero-order valence-electron chi connectivity index (χ0n) is 13.3. The van der Waals surface area contributed by atoms with Crippen LogP contribution >= 0.6 is 12.4 Å². The summed E-state index contributed by atoms with van der Waals surface area (Å²) < 4.78 is 6.14. The summed E-state index contributed by atoms with van der Waals surface area (Å²) in [5, 5.41) is 10.8. The van der Waals surface area contributed by atoms with Crippen molar-refractivity contribution in [1.82, 2.24) is 4.90 Å². The van der Waals surface area contributed by atoms with Gasteiger partial charge in [0.25, 0.3) is 0 Å². The number of aliphatic hydroxyl groups excluding tert-OH is 1. The highest BCUT2D eigenvalue weighted by Gasteiger charge is 2.37. The topological polar surface area (TPSA) is 32.7 Å². The number of halogens is 1. The van der Waals surface area contributed by atoms with Crippen LogP contribution in [0.25, 0.3) is 0 Å². The normalized spacial score (nSPS) is 14.8. The minimum absolute atomic E-state index is 0. The standard InChI is InChI=1S/C18H23NO2.ClH/c1-18(14-19(2)3,21-16-12-8-5-9-13-16)17(20)15-10-6-4-7-11-15;/h4-13,17,20H,14H2,1-3H3;1H. The van der Waals surface area contributed by atoms with Crippen molar-refractivity contribution in [2.75, 3.05) is 20.6 Å². The van der Waals surface area contributed by atoms with E-state index < -0.39 is 11.7 Å². The lowest BCUT2D eigenvalue weighted by atomic mass is 9.92. The molecule has 1 N–H and O–H groups in total. The number of para-hydroxylation sites is 1. The highest BCUT2D eigenvalue weighted by atomic mass is 35.5. The van der Waals surface area contributed by atoms with Crippen LogP contribution in [0, 0.1) is 0 Å². The first-order valence-corrected chi connectivity index (χ1v) is 7.13. The number of ether oxygens (including phenoxy) is 1. The van der Waals surface area contributed by atoms with Gasteiger partial charge in [0.05, 0.1) is 0 Å². The van der Waals surface area contributed by atoms with Crippen molar-refractivity contribution in [2.24, 2.45) is 0 Å². The van der Waals surface area contributed by atoms with Crippen molar-refractivity contribution in [3.05, 3.63) is 66.2 Å². The summed E-state index contributed by atoms with van der Waals surface area (Å²) in [6.45, 7) is 2.55. The Balaban J connectivity index is 0.00000242. The van der Waals surface area contributed by atoms with E-state index in [1.165, 1.54) is 0 Å². The Morgan fingerprint density at radius 1 is 1.00 bits per heavy atom. The Hall–Kier alpha value is -1.55. The molecule has 0 radical (unpaired) electrons. The molecule has 2 atom stereocenters. The lowest BCUT2D eigenvalue weighted by molar-refractivity contribution is -0.0569. The van der Waals surface area contributed by atoms with Crippen LogP contribution in [0.15, 0.2) is 60.7 Å². The Bertz CT molecular complexity index is 548. The van der Waals surface area contributed by atoms with E-state index in [0.29, 0.717) is 6.54 Å². The quantitative estimate of drug-likeness (QED) is 0.883. The van der Waals surface area contributed by atoms with Gasteiger partial charge in [0, 0.05) is 6.54 Å². The molecule has 0 amide bonds. The highest BCUT2D eigenvalue weighted by Crippen LogP contribution is 2.31. The minimum atomic E-state index is -0.730. The third-order valence-electron chi connectivity index (χ3n) is 3.42. The molecule has 0 aliphatic heterocycles. The molecule has 2 unspecified atom stereocenters. The van der Waals surface area contributed by atoms with Gasteiger partial charge < -0.3 is 14.7 Å². The SMILES string of the molecule is CN(C)CC(C)(Oc1ccccc1)C(O)c1ccccc1.Cl. The van der Waals surface area contributed by atoms with Crippen molar-refractivity contribution < 1.29 is 9.84 Å². The maximum absolute atomic E-state index is 10.8. The van der Waals surface area contributed by atoms with Crippen LogP contribution in [0.5, 0.6) is 5.75 Å². The van der Waals surface area contributed by atoms with Gasteiger partial charge in [-0.2, -0.15) is 0 Å². The van der Waals surface area contributed by atoms with Gasteiger partial charge in [0.15, 0.2) is 0 Å². The lowest BCUT2D eigenvalue weighted by Gasteiger charge is -2.37. The molecule has 3 nitrogen and oxygen atoms in total. The first-order valence-electron chi connectivity index (χ1n) is 7.13. The fourth-order valence-corrected chi connectivity index (χ4v) is 2.55. The summed E-state index contributed by atoms with van der Waals surface area (Å²) in [5.74, 6) is 0.761. The molecule has 0 spiro atoms. The number of rotatable bonds is 6. The van der Waals surface area contributed by atoms with Crippen molar-refractivity contribution >= 4 is 12.4 Å². The van der Waals surface area contributed by atoms with Gasteiger partial charge in [-0.15, -0.1) is 12.4 Å². The van der Waals surface area contributed by atoms with E-state index in [1.54, 1.807) is 0 Å². The molecule has 2 aromatic carbocycles. The molecule has 4 heteroatoms. The average Bonchev–Trinajstić information content (AvgIpc) is 2.47. The summed E-state index contributed by atoms with van der Waals surface area (Å²) in [6, 6.07) is 19.3. The van der Waals surface area contributed by atoms with Crippen LogP contribution in [0.1, 0.15) is 18.6 Å². The number of hydrogen-bond acceptors (Lipinski definition) is 3. The van der Waals surface area contributed by atoms with E-state index in [1.807, 2.05) is 86.6 Å². The van der Waals surface area contributed by atoms with Gasteiger partial charge in [0.1, 0.15) is 17.5 Å². The number of hydrogen-bond donors (Lipinski definition) is 1. The molecule has 120 valence electrons. The van der Waals surface area contributed by atoms with Crippen molar-refractivity contribution in [3.63, 3.8) is 0 Å². The molecule has 0 fully saturated rings. The monoisotopic (exact) mass is 321 g/mol. The summed E-state index contributed by atoms with van der Waals surface area (Å²) in [5.41, 5.74) is 0.129. The average molecular weight is 322 g/mol. The first-order chi connectivity index (χ1) is 10.0. The Morgan fingerprint density at radius 2 is 1.50 bits per heavy atom. The Labute approximate surface area is 138 Å². The first kappa shape index (κ1) is 18.5. The van der Waals surface area contributed by atoms with Gasteiger partial charge in [0.2, 0.25) is 0 Å². The van der Waals surface area contributed by atoms with Gasteiger partial charge in [-0.05, 0) is 38.7 Å². The van der Waals surface area contributed by atoms with Crippen LogP contribution in [0.2, 0.25) is 0 Å². The number of nitrogens with zero attached hydrogens (tertiary/aromatic N) is 1. The van der Waals surface area contributed by atoms with Gasteiger partial charge >= 0.3 is 0 Å². The van der Waals surface area contributed by atoms with Crippen LogP contribution in [0.4, 0.5) is 0 Å². The molecule has 0 aliphatic rings. The predicted octanol–water partition coefficient (Wildman–Crippen LogP) is 3.54. The third-order valence-corrected chi connectivity index (χ3v) is 3.42. The molecule has 0 bridgehead atoms. The van der Waals surface area contributed by atoms with Crippen LogP contribution in [-0.4, -0.2) is 36.2 Å². The van der Waals surface area contributed by atoms with E-state index >= 15 is 0 Å². The lowest BCUT2D eigenvalue weighted by Crippen LogP contribution is -2.47. The van der Waals surface area contributed by atoms with E-state index in [4.69, 9.17) is 4.74 Å². The van der Waals surface area contributed by atoms with E-state index in [2.05, 4.69) is 0 Å². The third kappa shape index (κ3) is 4.73. The van der Waals surface area contributed by atoms with E-state index in [-0.39, 0.29) is 12.4 Å². The number of benzene rings is 2. The fourth-order valence-electron chi connectivity index (χ4n) is 2.55. The fraction of sp³-hybridized carbons (Fsp3) is 0.333. The van der Waals surface area contributed by atoms with Gasteiger partial charge in [-0.1, -0.05) is 48.5 Å².